The summed E-state index contributed by atoms with van der Waals surface area (Å²) in [7, 11) is 0. The van der Waals surface area contributed by atoms with Crippen LogP contribution in [0.1, 0.15) is 51.9 Å². The van der Waals surface area contributed by atoms with Gasteiger partial charge in [0, 0.05) is 6.54 Å². The molecule has 5 nitrogen and oxygen atoms in total. The molecule has 0 aromatic carbocycles. The molecule has 0 radical (unpaired) electrons. The third-order valence-electron chi connectivity index (χ3n) is 4.51. The monoisotopic (exact) mass is 254 g/mol. The molecule has 0 unspecified atom stereocenters. The van der Waals surface area contributed by atoms with Crippen molar-refractivity contribution in [1.82, 2.24) is 10.6 Å². The van der Waals surface area contributed by atoms with E-state index in [2.05, 4.69) is 17.6 Å². The SMILES string of the molecule is CCC1(CNC(=O)NC2(CC(=O)O)CCC2)CC1. The smallest absolute Gasteiger partial charge is 0.315 e. The number of nitrogens with one attached hydrogen (secondary N) is 2. The number of rotatable bonds is 6. The zero-order chi connectivity index (χ0) is 13.2. The standard InChI is InChI=1S/C13H22N2O3/c1-2-12(6-7-12)9-14-11(18)15-13(4-3-5-13)8-10(16)17/h2-9H2,1H3,(H,16,17)(H2,14,15,18). The Labute approximate surface area is 107 Å². The van der Waals surface area contributed by atoms with Crippen molar-refractivity contribution >= 4 is 12.0 Å². The van der Waals surface area contributed by atoms with E-state index in [1.54, 1.807) is 0 Å². The highest BCUT2D eigenvalue weighted by Gasteiger charge is 2.43. The van der Waals surface area contributed by atoms with Gasteiger partial charge >= 0.3 is 12.0 Å². The number of urea groups is 1. The Morgan fingerprint density at radius 3 is 2.28 bits per heavy atom. The first-order chi connectivity index (χ1) is 8.49. The highest BCUT2D eigenvalue weighted by molar-refractivity contribution is 5.77. The minimum atomic E-state index is -0.845. The van der Waals surface area contributed by atoms with Crippen LogP contribution in [-0.2, 0) is 4.79 Å². The van der Waals surface area contributed by atoms with Gasteiger partial charge in [-0.2, -0.15) is 0 Å². The molecule has 2 rings (SSSR count). The summed E-state index contributed by atoms with van der Waals surface area (Å²) >= 11 is 0. The van der Waals surface area contributed by atoms with Crippen LogP contribution in [0.15, 0.2) is 0 Å². The van der Waals surface area contributed by atoms with Crippen LogP contribution >= 0.6 is 0 Å². The molecule has 102 valence electrons. The van der Waals surface area contributed by atoms with E-state index in [4.69, 9.17) is 5.11 Å². The van der Waals surface area contributed by atoms with Crippen LogP contribution in [0.5, 0.6) is 0 Å². The minimum absolute atomic E-state index is 0.0271. The number of amides is 2. The molecule has 2 amide bonds. The molecular formula is C13H22N2O3. The lowest BCUT2D eigenvalue weighted by atomic mass is 9.74. The van der Waals surface area contributed by atoms with E-state index in [0.717, 1.165) is 25.7 Å². The summed E-state index contributed by atoms with van der Waals surface area (Å²) in [5.41, 5.74) is -0.185. The maximum atomic E-state index is 11.8. The molecule has 18 heavy (non-hydrogen) atoms. The van der Waals surface area contributed by atoms with Crippen molar-refractivity contribution in [3.05, 3.63) is 0 Å². The van der Waals surface area contributed by atoms with Crippen molar-refractivity contribution < 1.29 is 14.7 Å². The maximum Gasteiger partial charge on any atom is 0.315 e. The molecule has 3 N–H and O–H groups in total. The molecule has 0 aromatic rings. The van der Waals surface area contributed by atoms with Crippen LogP contribution in [0.4, 0.5) is 4.79 Å². The van der Waals surface area contributed by atoms with Crippen LogP contribution in [0.2, 0.25) is 0 Å². The van der Waals surface area contributed by atoms with E-state index in [0.29, 0.717) is 12.0 Å². The number of carboxylic acids is 1. The van der Waals surface area contributed by atoms with E-state index in [1.165, 1.54) is 12.8 Å². The molecule has 0 bridgehead atoms. The number of carbonyl (C=O) groups excluding carboxylic acids is 1. The van der Waals surface area contributed by atoms with Gasteiger partial charge in [0.25, 0.3) is 0 Å². The Balaban J connectivity index is 1.77. The van der Waals surface area contributed by atoms with Crippen molar-refractivity contribution in [2.45, 2.75) is 57.4 Å². The van der Waals surface area contributed by atoms with E-state index < -0.39 is 11.5 Å². The van der Waals surface area contributed by atoms with Gasteiger partial charge in [0.2, 0.25) is 0 Å². The first-order valence-electron chi connectivity index (χ1n) is 6.77. The number of aliphatic carboxylic acids is 1. The van der Waals surface area contributed by atoms with Gasteiger partial charge in [-0.15, -0.1) is 0 Å². The fourth-order valence-corrected chi connectivity index (χ4v) is 2.62. The van der Waals surface area contributed by atoms with Gasteiger partial charge in [-0.3, -0.25) is 4.79 Å². The molecule has 5 heteroatoms. The number of carboxylic acid groups (broad SMARTS) is 1. The van der Waals surface area contributed by atoms with Gasteiger partial charge in [-0.05, 0) is 43.9 Å². The van der Waals surface area contributed by atoms with E-state index in [-0.39, 0.29) is 12.5 Å². The molecule has 0 heterocycles. The summed E-state index contributed by atoms with van der Waals surface area (Å²) < 4.78 is 0. The molecule has 0 saturated heterocycles. The first kappa shape index (κ1) is 13.2. The van der Waals surface area contributed by atoms with Crippen LogP contribution in [0.25, 0.3) is 0 Å². The molecule has 0 aromatic heterocycles. The van der Waals surface area contributed by atoms with Gasteiger partial charge < -0.3 is 15.7 Å². The zero-order valence-electron chi connectivity index (χ0n) is 10.9. The molecule has 2 aliphatic carbocycles. The third-order valence-corrected chi connectivity index (χ3v) is 4.51. The molecule has 2 fully saturated rings. The molecule has 0 aliphatic heterocycles. The van der Waals surface area contributed by atoms with Crippen molar-refractivity contribution in [2.75, 3.05) is 6.54 Å². The van der Waals surface area contributed by atoms with Gasteiger partial charge in [0.05, 0.1) is 12.0 Å². The lowest BCUT2D eigenvalue weighted by molar-refractivity contribution is -0.139. The molecule has 0 spiro atoms. The van der Waals surface area contributed by atoms with Crippen molar-refractivity contribution in [3.63, 3.8) is 0 Å². The predicted molar refractivity (Wildman–Crippen MR) is 67.3 cm³/mol. The summed E-state index contributed by atoms with van der Waals surface area (Å²) in [6.45, 7) is 2.85. The Kier molecular flexibility index (Phi) is 3.50. The highest BCUT2D eigenvalue weighted by atomic mass is 16.4. The predicted octanol–water partition coefficient (Wildman–Crippen LogP) is 1.87. The second kappa shape index (κ2) is 4.78. The average molecular weight is 254 g/mol. The molecule has 2 aliphatic rings. The summed E-state index contributed by atoms with van der Waals surface area (Å²) in [6, 6.07) is -0.212. The summed E-state index contributed by atoms with van der Waals surface area (Å²) in [6.07, 6.45) is 6.02. The average Bonchev–Trinajstić information content (AvgIpc) is 3.03. The van der Waals surface area contributed by atoms with Crippen LogP contribution < -0.4 is 10.6 Å². The Morgan fingerprint density at radius 1 is 1.22 bits per heavy atom. The van der Waals surface area contributed by atoms with Gasteiger partial charge in [0.15, 0.2) is 0 Å². The molecule has 2 saturated carbocycles. The molecule has 0 atom stereocenters. The van der Waals surface area contributed by atoms with E-state index >= 15 is 0 Å². The lowest BCUT2D eigenvalue weighted by Crippen LogP contribution is -2.57. The fourth-order valence-electron chi connectivity index (χ4n) is 2.62. The molecular weight excluding hydrogens is 232 g/mol. The van der Waals surface area contributed by atoms with Gasteiger partial charge in [0.1, 0.15) is 0 Å². The number of carbonyl (C=O) groups is 2. The van der Waals surface area contributed by atoms with Crippen molar-refractivity contribution in [1.29, 1.82) is 0 Å². The number of hydrogen-bond acceptors (Lipinski definition) is 2. The second-order valence-electron chi connectivity index (χ2n) is 5.87. The Morgan fingerprint density at radius 2 is 1.89 bits per heavy atom. The fraction of sp³-hybridized carbons (Fsp3) is 0.846. The summed E-state index contributed by atoms with van der Waals surface area (Å²) in [5, 5.41) is 14.6. The zero-order valence-corrected chi connectivity index (χ0v) is 10.9. The highest BCUT2D eigenvalue weighted by Crippen LogP contribution is 2.47. The quantitative estimate of drug-likeness (QED) is 0.677. The summed E-state index contributed by atoms with van der Waals surface area (Å²) in [4.78, 5) is 22.6. The topological polar surface area (TPSA) is 78.4 Å². The van der Waals surface area contributed by atoms with Gasteiger partial charge in [-0.25, -0.2) is 4.79 Å². The van der Waals surface area contributed by atoms with Crippen LogP contribution in [0.3, 0.4) is 0 Å². The lowest BCUT2D eigenvalue weighted by Gasteiger charge is -2.41. The minimum Gasteiger partial charge on any atom is -0.481 e. The van der Waals surface area contributed by atoms with E-state index in [9.17, 15) is 9.59 Å². The van der Waals surface area contributed by atoms with Crippen molar-refractivity contribution in [2.24, 2.45) is 5.41 Å². The Hall–Kier alpha value is -1.26. The summed E-state index contributed by atoms with van der Waals surface area (Å²) in [5.74, 6) is -0.845. The largest absolute Gasteiger partial charge is 0.481 e. The van der Waals surface area contributed by atoms with Crippen molar-refractivity contribution in [3.8, 4) is 0 Å². The van der Waals surface area contributed by atoms with E-state index in [1.807, 2.05) is 0 Å². The van der Waals surface area contributed by atoms with Gasteiger partial charge in [-0.1, -0.05) is 6.92 Å². The maximum absolute atomic E-state index is 11.8. The third kappa shape index (κ3) is 2.94. The Bertz CT molecular complexity index is 346. The van der Waals surface area contributed by atoms with Crippen LogP contribution in [0, 0.1) is 5.41 Å². The number of hydrogen-bond donors (Lipinski definition) is 3. The normalized spacial score (nSPS) is 22.7. The van der Waals surface area contributed by atoms with Crippen LogP contribution in [-0.4, -0.2) is 29.2 Å². The first-order valence-corrected chi connectivity index (χ1v) is 6.77. The second-order valence-corrected chi connectivity index (χ2v) is 5.87.